The van der Waals surface area contributed by atoms with Gasteiger partial charge in [0.25, 0.3) is 0 Å². The number of allylic oxidation sites excluding steroid dienone is 5. The number of methoxy groups -OCH3 is 1. The third kappa shape index (κ3) is 2.87. The lowest BCUT2D eigenvalue weighted by molar-refractivity contribution is -0.111. The van der Waals surface area contributed by atoms with Gasteiger partial charge in [-0.05, 0) is 31.1 Å². The number of hydrogen-bond acceptors (Lipinski definition) is 2. The molecule has 0 spiro atoms. The summed E-state index contributed by atoms with van der Waals surface area (Å²) in [7, 11) is 1.61. The molecule has 0 amide bonds. The minimum atomic E-state index is 0.131. The number of rotatable bonds is 4. The van der Waals surface area contributed by atoms with Gasteiger partial charge in [0.05, 0.1) is 13.4 Å². The van der Waals surface area contributed by atoms with Gasteiger partial charge in [0.2, 0.25) is 0 Å². The molecule has 14 heavy (non-hydrogen) atoms. The van der Waals surface area contributed by atoms with Crippen LogP contribution in [0.15, 0.2) is 35.6 Å². The molecule has 0 aromatic heterocycles. The molecule has 0 unspecified atom stereocenters. The molecule has 0 N–H and O–H groups in total. The second-order valence-electron chi connectivity index (χ2n) is 3.32. The molecule has 2 heteroatoms. The number of unbranched alkanes of at least 4 members (excludes halogenated alkanes) is 1. The Morgan fingerprint density at radius 3 is 2.86 bits per heavy atom. The molecule has 0 aromatic carbocycles. The van der Waals surface area contributed by atoms with Crippen molar-refractivity contribution >= 4 is 5.78 Å². The number of ketones is 1. The maximum absolute atomic E-state index is 11.4. The first-order chi connectivity index (χ1) is 6.77. The van der Waals surface area contributed by atoms with Crippen LogP contribution in [-0.2, 0) is 9.53 Å². The molecule has 0 fully saturated rings. The van der Waals surface area contributed by atoms with Gasteiger partial charge in [0.15, 0.2) is 5.78 Å². The Morgan fingerprint density at radius 2 is 2.21 bits per heavy atom. The maximum Gasteiger partial charge on any atom is 0.181 e. The molecule has 0 radical (unpaired) electrons. The monoisotopic (exact) mass is 192 g/mol. The first kappa shape index (κ1) is 10.8. The molecule has 0 saturated carbocycles. The van der Waals surface area contributed by atoms with E-state index in [1.807, 2.05) is 6.08 Å². The Balaban J connectivity index is 2.70. The van der Waals surface area contributed by atoms with Crippen LogP contribution in [0.2, 0.25) is 0 Å². The summed E-state index contributed by atoms with van der Waals surface area (Å²) in [5.74, 6) is 0.131. The van der Waals surface area contributed by atoms with Gasteiger partial charge in [-0.2, -0.15) is 0 Å². The largest absolute Gasteiger partial charge is 0.504 e. The average Bonchev–Trinajstić information content (AvgIpc) is 2.19. The highest BCUT2D eigenvalue weighted by atomic mass is 16.5. The summed E-state index contributed by atoms with van der Waals surface area (Å²) in [4.78, 5) is 11.4. The molecule has 0 aromatic rings. The van der Waals surface area contributed by atoms with Crippen molar-refractivity contribution in [3.8, 4) is 0 Å². The van der Waals surface area contributed by atoms with Gasteiger partial charge in [0, 0.05) is 11.1 Å². The van der Waals surface area contributed by atoms with Crippen LogP contribution in [0.1, 0.15) is 26.2 Å². The van der Waals surface area contributed by atoms with Gasteiger partial charge < -0.3 is 4.74 Å². The van der Waals surface area contributed by atoms with Crippen molar-refractivity contribution < 1.29 is 9.53 Å². The second-order valence-corrected chi connectivity index (χ2v) is 3.32. The number of ether oxygens (including phenoxy) is 1. The van der Waals surface area contributed by atoms with Gasteiger partial charge in [-0.25, -0.2) is 0 Å². The molecule has 76 valence electrons. The van der Waals surface area contributed by atoms with Gasteiger partial charge in [-0.1, -0.05) is 13.3 Å². The van der Waals surface area contributed by atoms with Crippen LogP contribution < -0.4 is 0 Å². The predicted molar refractivity (Wildman–Crippen MR) is 56.8 cm³/mol. The summed E-state index contributed by atoms with van der Waals surface area (Å²) in [5.41, 5.74) is 1.84. The third-order valence-corrected chi connectivity index (χ3v) is 2.14. The molecular formula is C12H16O2. The summed E-state index contributed by atoms with van der Waals surface area (Å²) in [6.45, 7) is 2.12. The number of hydrogen-bond donors (Lipinski definition) is 0. The van der Waals surface area contributed by atoms with Crippen LogP contribution in [0.5, 0.6) is 0 Å². The maximum atomic E-state index is 11.4. The molecule has 0 saturated heterocycles. The molecule has 0 heterocycles. The van der Waals surface area contributed by atoms with Crippen molar-refractivity contribution in [3.63, 3.8) is 0 Å². The van der Waals surface area contributed by atoms with E-state index in [0.29, 0.717) is 0 Å². The fraction of sp³-hybridized carbons (Fsp3) is 0.417. The molecule has 2 nitrogen and oxygen atoms in total. The summed E-state index contributed by atoms with van der Waals surface area (Å²) in [5, 5.41) is 0. The van der Waals surface area contributed by atoms with Crippen LogP contribution in [0.4, 0.5) is 0 Å². The van der Waals surface area contributed by atoms with E-state index in [1.165, 1.54) is 0 Å². The van der Waals surface area contributed by atoms with Crippen LogP contribution in [-0.4, -0.2) is 12.9 Å². The van der Waals surface area contributed by atoms with Crippen molar-refractivity contribution in [1.82, 2.24) is 0 Å². The van der Waals surface area contributed by atoms with E-state index in [0.717, 1.165) is 30.4 Å². The SMILES string of the molecule is CCCCC1=CC(=COC)C=CC1=O. The Bertz CT molecular complexity index is 295. The molecule has 0 bridgehead atoms. The smallest absolute Gasteiger partial charge is 0.181 e. The van der Waals surface area contributed by atoms with Crippen LogP contribution >= 0.6 is 0 Å². The third-order valence-electron chi connectivity index (χ3n) is 2.14. The van der Waals surface area contributed by atoms with E-state index in [4.69, 9.17) is 4.74 Å². The fourth-order valence-electron chi connectivity index (χ4n) is 1.37. The van der Waals surface area contributed by atoms with Gasteiger partial charge >= 0.3 is 0 Å². The Labute approximate surface area is 85.0 Å². The summed E-state index contributed by atoms with van der Waals surface area (Å²) in [6.07, 6.45) is 9.97. The van der Waals surface area contributed by atoms with E-state index in [1.54, 1.807) is 25.5 Å². The van der Waals surface area contributed by atoms with E-state index >= 15 is 0 Å². The predicted octanol–water partition coefficient (Wildman–Crippen LogP) is 2.77. The molecule has 1 aliphatic rings. The van der Waals surface area contributed by atoms with Gasteiger partial charge in [0.1, 0.15) is 0 Å². The van der Waals surface area contributed by atoms with Gasteiger partial charge in [-0.15, -0.1) is 0 Å². The van der Waals surface area contributed by atoms with Crippen LogP contribution in [0.25, 0.3) is 0 Å². The lowest BCUT2D eigenvalue weighted by Crippen LogP contribution is -2.03. The fourth-order valence-corrected chi connectivity index (χ4v) is 1.37. The molecule has 1 rings (SSSR count). The minimum Gasteiger partial charge on any atom is -0.504 e. The van der Waals surface area contributed by atoms with E-state index in [2.05, 4.69) is 6.92 Å². The zero-order chi connectivity index (χ0) is 10.4. The lowest BCUT2D eigenvalue weighted by Gasteiger charge is -2.08. The van der Waals surface area contributed by atoms with Crippen molar-refractivity contribution in [2.24, 2.45) is 0 Å². The number of carbonyl (C=O) groups is 1. The topological polar surface area (TPSA) is 26.3 Å². The highest BCUT2D eigenvalue weighted by molar-refractivity contribution is 6.06. The molecule has 1 aliphatic carbocycles. The van der Waals surface area contributed by atoms with Crippen molar-refractivity contribution in [2.45, 2.75) is 26.2 Å². The van der Waals surface area contributed by atoms with Crippen molar-refractivity contribution in [2.75, 3.05) is 7.11 Å². The second kappa shape index (κ2) is 5.43. The first-order valence-electron chi connectivity index (χ1n) is 4.94. The highest BCUT2D eigenvalue weighted by Crippen LogP contribution is 2.17. The summed E-state index contributed by atoms with van der Waals surface area (Å²) >= 11 is 0. The first-order valence-corrected chi connectivity index (χ1v) is 4.94. The van der Waals surface area contributed by atoms with E-state index in [-0.39, 0.29) is 5.78 Å². The summed E-state index contributed by atoms with van der Waals surface area (Å²) in [6, 6.07) is 0. The quantitative estimate of drug-likeness (QED) is 0.640. The standard InChI is InChI=1S/C12H16O2/c1-3-4-5-11-8-10(9-14-2)6-7-12(11)13/h6-9H,3-5H2,1-2H3. The molecule has 0 atom stereocenters. The highest BCUT2D eigenvalue weighted by Gasteiger charge is 2.10. The van der Waals surface area contributed by atoms with Crippen molar-refractivity contribution in [1.29, 1.82) is 0 Å². The zero-order valence-corrected chi connectivity index (χ0v) is 8.75. The normalized spacial score (nSPS) is 18.6. The Hall–Kier alpha value is -1.31. The Kier molecular flexibility index (Phi) is 4.17. The summed E-state index contributed by atoms with van der Waals surface area (Å²) < 4.78 is 4.90. The average molecular weight is 192 g/mol. The van der Waals surface area contributed by atoms with Crippen LogP contribution in [0.3, 0.4) is 0 Å². The number of carbonyl (C=O) groups excluding carboxylic acids is 1. The molecule has 0 aliphatic heterocycles. The van der Waals surface area contributed by atoms with Crippen molar-refractivity contribution in [3.05, 3.63) is 35.6 Å². The van der Waals surface area contributed by atoms with E-state index in [9.17, 15) is 4.79 Å². The van der Waals surface area contributed by atoms with Crippen LogP contribution in [0, 0.1) is 0 Å². The lowest BCUT2D eigenvalue weighted by atomic mass is 9.97. The minimum absolute atomic E-state index is 0.131. The van der Waals surface area contributed by atoms with Gasteiger partial charge in [-0.3, -0.25) is 4.79 Å². The Morgan fingerprint density at radius 1 is 1.43 bits per heavy atom. The molecular weight excluding hydrogens is 176 g/mol. The zero-order valence-electron chi connectivity index (χ0n) is 8.75. The van der Waals surface area contributed by atoms with E-state index < -0.39 is 0 Å².